The van der Waals surface area contributed by atoms with Gasteiger partial charge in [0.15, 0.2) is 0 Å². The van der Waals surface area contributed by atoms with Crippen molar-refractivity contribution in [3.8, 4) is 5.75 Å². The fourth-order valence-electron chi connectivity index (χ4n) is 2.92. The lowest BCUT2D eigenvalue weighted by molar-refractivity contribution is -0.383. The summed E-state index contributed by atoms with van der Waals surface area (Å²) in [4.78, 5) is 22.6. The minimum absolute atomic E-state index is 0.0598. The molecule has 10 heteroatoms. The van der Waals surface area contributed by atoms with Crippen LogP contribution < -0.4 is 15.8 Å². The number of alkyl halides is 3. The van der Waals surface area contributed by atoms with Crippen LogP contribution in [-0.2, 0) is 0 Å². The molecule has 138 valence electrons. The summed E-state index contributed by atoms with van der Waals surface area (Å²) in [6.45, 7) is 0. The highest BCUT2D eigenvalue weighted by Gasteiger charge is 2.41. The smallest absolute Gasteiger partial charge is 0.391 e. The molecule has 0 heterocycles. The molecule has 0 saturated heterocycles. The molecule has 1 amide bonds. The van der Waals surface area contributed by atoms with Gasteiger partial charge in [-0.1, -0.05) is 0 Å². The standard InChI is InChI=1S/C15H18F3N3O4/c1-25-13-7-11(19)12(21(23)24)6-10(13)14(22)20-9-4-2-8(3-5-9)15(16,17)18/h6-9H,2-5,19H2,1H3,(H,20,22). The molecule has 0 unspecified atom stereocenters. The van der Waals surface area contributed by atoms with Gasteiger partial charge in [0.1, 0.15) is 11.4 Å². The number of nitrogens with zero attached hydrogens (tertiary/aromatic N) is 1. The minimum atomic E-state index is -4.23. The predicted molar refractivity (Wildman–Crippen MR) is 83.3 cm³/mol. The number of rotatable bonds is 4. The number of halogens is 3. The Morgan fingerprint density at radius 2 is 1.92 bits per heavy atom. The summed E-state index contributed by atoms with van der Waals surface area (Å²) in [7, 11) is 1.28. The van der Waals surface area contributed by atoms with E-state index in [1.165, 1.54) is 13.2 Å². The van der Waals surface area contributed by atoms with Crippen molar-refractivity contribution in [3.05, 3.63) is 27.8 Å². The molecule has 0 atom stereocenters. The van der Waals surface area contributed by atoms with E-state index in [0.717, 1.165) is 6.07 Å². The molecule has 1 fully saturated rings. The monoisotopic (exact) mass is 361 g/mol. The Kier molecular flexibility index (Phi) is 5.39. The third kappa shape index (κ3) is 4.31. The zero-order chi connectivity index (χ0) is 18.8. The number of nitrogens with two attached hydrogens (primary N) is 1. The fraction of sp³-hybridized carbons (Fsp3) is 0.533. The number of ether oxygens (including phenoxy) is 1. The maximum atomic E-state index is 12.7. The summed E-state index contributed by atoms with van der Waals surface area (Å²) in [5.41, 5.74) is 4.88. The van der Waals surface area contributed by atoms with E-state index >= 15 is 0 Å². The van der Waals surface area contributed by atoms with Gasteiger partial charge in [0.05, 0.1) is 23.5 Å². The second kappa shape index (κ2) is 7.16. The van der Waals surface area contributed by atoms with Crippen LogP contribution in [0.3, 0.4) is 0 Å². The van der Waals surface area contributed by atoms with Gasteiger partial charge in [0.2, 0.25) is 0 Å². The Balaban J connectivity index is 2.11. The second-order valence-electron chi connectivity index (χ2n) is 5.93. The highest BCUT2D eigenvalue weighted by Crippen LogP contribution is 2.38. The molecule has 0 bridgehead atoms. The van der Waals surface area contributed by atoms with E-state index in [4.69, 9.17) is 10.5 Å². The third-order valence-corrected chi connectivity index (χ3v) is 4.32. The average molecular weight is 361 g/mol. The van der Waals surface area contributed by atoms with Crippen molar-refractivity contribution in [1.82, 2.24) is 5.32 Å². The summed E-state index contributed by atoms with van der Waals surface area (Å²) in [6, 6.07) is 1.76. The summed E-state index contributed by atoms with van der Waals surface area (Å²) >= 11 is 0. The number of nitro groups is 1. The second-order valence-corrected chi connectivity index (χ2v) is 5.93. The Morgan fingerprint density at radius 1 is 1.32 bits per heavy atom. The molecular formula is C15H18F3N3O4. The van der Waals surface area contributed by atoms with E-state index in [-0.39, 0.29) is 42.7 Å². The third-order valence-electron chi connectivity index (χ3n) is 4.32. The molecule has 0 aliphatic heterocycles. The lowest BCUT2D eigenvalue weighted by Gasteiger charge is -2.30. The molecule has 25 heavy (non-hydrogen) atoms. The maximum Gasteiger partial charge on any atom is 0.391 e. The molecule has 0 spiro atoms. The molecule has 2 rings (SSSR count). The number of benzene rings is 1. The van der Waals surface area contributed by atoms with Crippen LogP contribution in [0.1, 0.15) is 36.0 Å². The van der Waals surface area contributed by atoms with Crippen LogP contribution in [0.5, 0.6) is 5.75 Å². The van der Waals surface area contributed by atoms with E-state index < -0.39 is 34.7 Å². The van der Waals surface area contributed by atoms with E-state index in [0.29, 0.717) is 0 Å². The van der Waals surface area contributed by atoms with E-state index in [9.17, 15) is 28.1 Å². The number of anilines is 1. The zero-order valence-corrected chi connectivity index (χ0v) is 13.4. The van der Waals surface area contributed by atoms with Crippen molar-refractivity contribution in [2.45, 2.75) is 37.9 Å². The van der Waals surface area contributed by atoms with Crippen molar-refractivity contribution in [3.63, 3.8) is 0 Å². The molecule has 1 aliphatic rings. The first-order valence-electron chi connectivity index (χ1n) is 7.63. The topological polar surface area (TPSA) is 107 Å². The molecule has 1 aromatic rings. The van der Waals surface area contributed by atoms with Crippen LogP contribution in [0, 0.1) is 16.0 Å². The first-order valence-corrected chi connectivity index (χ1v) is 7.63. The van der Waals surface area contributed by atoms with Crippen molar-refractivity contribution < 1.29 is 27.6 Å². The number of nitrogens with one attached hydrogen (secondary N) is 1. The number of methoxy groups -OCH3 is 1. The molecule has 3 N–H and O–H groups in total. The lowest BCUT2D eigenvalue weighted by Crippen LogP contribution is -2.40. The molecule has 7 nitrogen and oxygen atoms in total. The van der Waals surface area contributed by atoms with Gasteiger partial charge in [-0.3, -0.25) is 14.9 Å². The van der Waals surface area contributed by atoms with E-state index in [1.54, 1.807) is 0 Å². The predicted octanol–water partition coefficient (Wildman–Crippen LogP) is 3.04. The molecule has 1 aromatic carbocycles. The van der Waals surface area contributed by atoms with Crippen LogP contribution in [0.4, 0.5) is 24.5 Å². The van der Waals surface area contributed by atoms with Gasteiger partial charge in [-0.2, -0.15) is 13.2 Å². The number of nitro benzene ring substituents is 1. The Labute approximate surface area is 141 Å². The van der Waals surface area contributed by atoms with Crippen LogP contribution in [0.2, 0.25) is 0 Å². The lowest BCUT2D eigenvalue weighted by atomic mass is 9.85. The quantitative estimate of drug-likeness (QED) is 0.487. The largest absolute Gasteiger partial charge is 0.496 e. The van der Waals surface area contributed by atoms with Crippen LogP contribution in [-0.4, -0.2) is 30.2 Å². The number of carbonyl (C=O) groups excluding carboxylic acids is 1. The SMILES string of the molecule is COc1cc(N)c([N+](=O)[O-])cc1C(=O)NC1CCC(C(F)(F)F)CC1. The number of hydrogen-bond donors (Lipinski definition) is 2. The zero-order valence-electron chi connectivity index (χ0n) is 13.4. The van der Waals surface area contributed by atoms with Crippen LogP contribution >= 0.6 is 0 Å². The van der Waals surface area contributed by atoms with Gasteiger partial charge in [0.25, 0.3) is 11.6 Å². The van der Waals surface area contributed by atoms with Gasteiger partial charge in [0, 0.05) is 18.2 Å². The van der Waals surface area contributed by atoms with Crippen LogP contribution in [0.25, 0.3) is 0 Å². The van der Waals surface area contributed by atoms with Gasteiger partial charge in [-0.25, -0.2) is 0 Å². The van der Waals surface area contributed by atoms with Crippen LogP contribution in [0.15, 0.2) is 12.1 Å². The van der Waals surface area contributed by atoms with Crippen molar-refractivity contribution >= 4 is 17.3 Å². The van der Waals surface area contributed by atoms with Crippen molar-refractivity contribution in [2.24, 2.45) is 5.92 Å². The van der Waals surface area contributed by atoms with Gasteiger partial charge < -0.3 is 15.8 Å². The van der Waals surface area contributed by atoms with Crippen molar-refractivity contribution in [2.75, 3.05) is 12.8 Å². The molecule has 1 saturated carbocycles. The van der Waals surface area contributed by atoms with Gasteiger partial charge >= 0.3 is 6.18 Å². The molecular weight excluding hydrogens is 343 g/mol. The Hall–Kier alpha value is -2.52. The normalized spacial score (nSPS) is 20.8. The minimum Gasteiger partial charge on any atom is -0.496 e. The first-order chi connectivity index (χ1) is 11.6. The number of carbonyl (C=O) groups is 1. The maximum absolute atomic E-state index is 12.7. The van der Waals surface area contributed by atoms with E-state index in [1.807, 2.05) is 0 Å². The summed E-state index contributed by atoms with van der Waals surface area (Å²) in [5.74, 6) is -1.94. The van der Waals surface area contributed by atoms with E-state index in [2.05, 4.69) is 5.32 Å². The highest BCUT2D eigenvalue weighted by atomic mass is 19.4. The fourth-order valence-corrected chi connectivity index (χ4v) is 2.92. The van der Waals surface area contributed by atoms with Gasteiger partial charge in [-0.15, -0.1) is 0 Å². The van der Waals surface area contributed by atoms with Crippen molar-refractivity contribution in [1.29, 1.82) is 0 Å². The Bertz CT molecular complexity index is 671. The first kappa shape index (κ1) is 18.8. The molecule has 1 aliphatic carbocycles. The average Bonchev–Trinajstić information content (AvgIpc) is 2.53. The highest BCUT2D eigenvalue weighted by molar-refractivity contribution is 5.98. The summed E-state index contributed by atoms with van der Waals surface area (Å²) < 4.78 is 43.0. The summed E-state index contributed by atoms with van der Waals surface area (Å²) in [5, 5.41) is 13.6. The number of amides is 1. The Morgan fingerprint density at radius 3 is 2.40 bits per heavy atom. The summed E-state index contributed by atoms with van der Waals surface area (Å²) in [6.07, 6.45) is -3.97. The van der Waals surface area contributed by atoms with Gasteiger partial charge in [-0.05, 0) is 25.7 Å². The molecule has 0 radical (unpaired) electrons. The number of hydrogen-bond acceptors (Lipinski definition) is 5. The number of nitrogen functional groups attached to an aromatic ring is 1. The molecule has 0 aromatic heterocycles.